The van der Waals surface area contributed by atoms with E-state index in [1.165, 1.54) is 19.2 Å². The molecule has 3 N–H and O–H groups in total. The molecule has 2 aromatic rings. The number of carbonyl (C=O) groups is 1. The zero-order valence-electron chi connectivity index (χ0n) is 21.4. The Labute approximate surface area is 220 Å². The van der Waals surface area contributed by atoms with Gasteiger partial charge in [0.15, 0.2) is 11.5 Å². The van der Waals surface area contributed by atoms with Crippen molar-refractivity contribution in [3.05, 3.63) is 63.2 Å². The summed E-state index contributed by atoms with van der Waals surface area (Å²) in [6.45, 7) is 2.14. The number of oxime groups is 1. The van der Waals surface area contributed by atoms with Crippen LogP contribution in [0.2, 0.25) is 0 Å². The highest BCUT2D eigenvalue weighted by Gasteiger charge is 2.62. The van der Waals surface area contributed by atoms with Gasteiger partial charge in [0, 0.05) is 23.1 Å². The van der Waals surface area contributed by atoms with E-state index in [4.69, 9.17) is 9.57 Å². The molecule has 202 valence electrons. The average Bonchev–Trinajstić information content (AvgIpc) is 3.13. The Balaban J connectivity index is 1.47. The van der Waals surface area contributed by atoms with Crippen molar-refractivity contribution in [1.82, 2.24) is 0 Å². The van der Waals surface area contributed by atoms with E-state index in [9.17, 15) is 30.2 Å². The van der Waals surface area contributed by atoms with Crippen LogP contribution in [0.4, 0.5) is 5.69 Å². The summed E-state index contributed by atoms with van der Waals surface area (Å²) in [5, 5.41) is 46.9. The van der Waals surface area contributed by atoms with Crippen LogP contribution in [-0.4, -0.2) is 44.6 Å². The van der Waals surface area contributed by atoms with Crippen LogP contribution >= 0.6 is 0 Å². The molecule has 2 saturated carbocycles. The number of phenolic OH excluding ortho intramolecular Hbond substituents is 1. The summed E-state index contributed by atoms with van der Waals surface area (Å²) in [5.74, 6) is -0.257. The summed E-state index contributed by atoms with van der Waals surface area (Å²) in [7, 11) is 1.50. The number of non-ortho nitro benzene ring substituents is 1. The van der Waals surface area contributed by atoms with Crippen LogP contribution in [0.25, 0.3) is 0 Å². The third-order valence-corrected chi connectivity index (χ3v) is 9.25. The fourth-order valence-corrected chi connectivity index (χ4v) is 7.23. The van der Waals surface area contributed by atoms with Gasteiger partial charge in [-0.2, -0.15) is 0 Å². The van der Waals surface area contributed by atoms with Crippen molar-refractivity contribution in [1.29, 1.82) is 0 Å². The molecule has 1 unspecified atom stereocenters. The highest BCUT2D eigenvalue weighted by molar-refractivity contribution is 6.03. The Kier molecular flexibility index (Phi) is 6.54. The SMILES string of the molecule is COc1cc2c(cc1O)C(=NOCc1ccc([N+](=O)[O-])cc1)C[C@@H]1[C@@H]2CC[C@@]2(C)[C@H]1CCC2(O)CC(=O)O. The number of ether oxygens (including phenoxy) is 1. The number of rotatable bonds is 7. The number of aliphatic hydroxyl groups is 1. The lowest BCUT2D eigenvalue weighted by molar-refractivity contribution is -0.384. The Hall–Kier alpha value is -3.66. The largest absolute Gasteiger partial charge is 0.504 e. The number of nitro benzene ring substituents is 1. The van der Waals surface area contributed by atoms with Gasteiger partial charge in [0.1, 0.15) is 6.61 Å². The van der Waals surface area contributed by atoms with E-state index < -0.39 is 21.9 Å². The highest BCUT2D eigenvalue weighted by atomic mass is 16.6. The number of benzene rings is 2. The molecule has 3 aliphatic carbocycles. The summed E-state index contributed by atoms with van der Waals surface area (Å²) in [6.07, 6.45) is 2.94. The van der Waals surface area contributed by atoms with Gasteiger partial charge >= 0.3 is 5.97 Å². The van der Waals surface area contributed by atoms with E-state index in [0.29, 0.717) is 30.7 Å². The molecular formula is C28H32N2O8. The fraction of sp³-hybridized carbons (Fsp3) is 0.500. The van der Waals surface area contributed by atoms with Crippen LogP contribution in [-0.2, 0) is 16.2 Å². The topological polar surface area (TPSA) is 152 Å². The molecule has 0 aliphatic heterocycles. The molecule has 5 rings (SSSR count). The van der Waals surface area contributed by atoms with Gasteiger partial charge in [0.2, 0.25) is 0 Å². The van der Waals surface area contributed by atoms with Gasteiger partial charge in [-0.3, -0.25) is 14.9 Å². The normalized spacial score (nSPS) is 30.7. The van der Waals surface area contributed by atoms with Crippen LogP contribution in [0.3, 0.4) is 0 Å². The number of fused-ring (bicyclic) bond motifs is 5. The maximum atomic E-state index is 11.6. The number of nitro groups is 1. The van der Waals surface area contributed by atoms with E-state index in [2.05, 4.69) is 5.16 Å². The fourth-order valence-electron chi connectivity index (χ4n) is 7.23. The molecule has 0 spiro atoms. The minimum atomic E-state index is -1.26. The Morgan fingerprint density at radius 3 is 2.61 bits per heavy atom. The van der Waals surface area contributed by atoms with Crippen molar-refractivity contribution in [2.75, 3.05) is 7.11 Å². The van der Waals surface area contributed by atoms with Crippen molar-refractivity contribution in [2.24, 2.45) is 22.4 Å². The second-order valence-electron chi connectivity index (χ2n) is 11.0. The molecule has 10 nitrogen and oxygen atoms in total. The van der Waals surface area contributed by atoms with Gasteiger partial charge in [-0.15, -0.1) is 0 Å². The summed E-state index contributed by atoms with van der Waals surface area (Å²) in [6, 6.07) is 9.58. The highest BCUT2D eigenvalue weighted by Crippen LogP contribution is 2.65. The van der Waals surface area contributed by atoms with Crippen LogP contribution in [0.15, 0.2) is 41.6 Å². The monoisotopic (exact) mass is 524 g/mol. The van der Waals surface area contributed by atoms with Crippen molar-refractivity contribution < 1.29 is 34.6 Å². The number of hydrogen-bond donors (Lipinski definition) is 3. The maximum Gasteiger partial charge on any atom is 0.306 e. The number of phenols is 1. The van der Waals surface area contributed by atoms with E-state index in [-0.39, 0.29) is 42.2 Å². The van der Waals surface area contributed by atoms with Crippen LogP contribution < -0.4 is 4.74 Å². The second-order valence-corrected chi connectivity index (χ2v) is 11.0. The summed E-state index contributed by atoms with van der Waals surface area (Å²) < 4.78 is 5.40. The lowest BCUT2D eigenvalue weighted by Crippen LogP contribution is -2.52. The standard InChI is InChI=1S/C28H32N2O8/c1-27-9-7-18-19-13-25(37-2)24(31)12-21(19)23(29-38-15-16-3-5-17(6-4-16)30(35)36)11-20(18)22(27)8-10-28(27,34)14-26(32)33/h3-6,12-13,18,20,22,31,34H,7-11,14-15H2,1-2H3,(H,32,33)/t18-,20-,22+,27+,28?/m1/s1. The molecule has 3 aliphatic rings. The molecule has 2 fully saturated rings. The van der Waals surface area contributed by atoms with E-state index in [0.717, 1.165) is 29.5 Å². The molecule has 38 heavy (non-hydrogen) atoms. The molecule has 0 aromatic heterocycles. The molecule has 10 heteroatoms. The molecule has 0 saturated heterocycles. The number of methoxy groups -OCH3 is 1. The zero-order chi connectivity index (χ0) is 27.2. The van der Waals surface area contributed by atoms with Gasteiger partial charge in [-0.1, -0.05) is 12.1 Å². The molecule has 0 radical (unpaired) electrons. The Bertz CT molecular complexity index is 1290. The minimum Gasteiger partial charge on any atom is -0.504 e. The van der Waals surface area contributed by atoms with Crippen molar-refractivity contribution in [2.45, 2.75) is 63.6 Å². The first-order valence-corrected chi connectivity index (χ1v) is 12.8. The minimum absolute atomic E-state index is 0.00324. The van der Waals surface area contributed by atoms with Crippen LogP contribution in [0, 0.1) is 27.4 Å². The van der Waals surface area contributed by atoms with Gasteiger partial charge in [-0.05, 0) is 85.3 Å². The van der Waals surface area contributed by atoms with Crippen molar-refractivity contribution in [3.8, 4) is 11.5 Å². The van der Waals surface area contributed by atoms with E-state index in [1.807, 2.05) is 13.0 Å². The molecule has 5 atom stereocenters. The number of carboxylic acids is 1. The first-order valence-electron chi connectivity index (χ1n) is 12.8. The predicted molar refractivity (Wildman–Crippen MR) is 137 cm³/mol. The molecule has 0 amide bonds. The lowest BCUT2D eigenvalue weighted by atomic mass is 9.52. The van der Waals surface area contributed by atoms with E-state index >= 15 is 0 Å². The summed E-state index contributed by atoms with van der Waals surface area (Å²) in [5.41, 5.74) is 1.39. The number of nitrogens with zero attached hydrogens (tertiary/aromatic N) is 2. The molecule has 0 bridgehead atoms. The van der Waals surface area contributed by atoms with Crippen molar-refractivity contribution in [3.63, 3.8) is 0 Å². The number of aromatic hydroxyl groups is 1. The zero-order valence-corrected chi connectivity index (χ0v) is 21.4. The molecule has 2 aromatic carbocycles. The third-order valence-electron chi connectivity index (χ3n) is 9.25. The average molecular weight is 525 g/mol. The maximum absolute atomic E-state index is 11.6. The molecular weight excluding hydrogens is 492 g/mol. The first kappa shape index (κ1) is 26.0. The van der Waals surface area contributed by atoms with E-state index in [1.54, 1.807) is 18.2 Å². The predicted octanol–water partition coefficient (Wildman–Crippen LogP) is 4.75. The van der Waals surface area contributed by atoms with Gasteiger partial charge < -0.3 is 24.9 Å². The lowest BCUT2D eigenvalue weighted by Gasteiger charge is -2.53. The molecule has 0 heterocycles. The Morgan fingerprint density at radius 2 is 1.95 bits per heavy atom. The van der Waals surface area contributed by atoms with Crippen molar-refractivity contribution >= 4 is 17.4 Å². The number of aliphatic carboxylic acids is 1. The van der Waals surface area contributed by atoms with Gasteiger partial charge in [0.05, 0.1) is 29.8 Å². The van der Waals surface area contributed by atoms with Crippen LogP contribution in [0.5, 0.6) is 11.5 Å². The van der Waals surface area contributed by atoms with Crippen LogP contribution in [0.1, 0.15) is 68.1 Å². The first-order chi connectivity index (χ1) is 18.1. The Morgan fingerprint density at radius 1 is 1.21 bits per heavy atom. The number of hydrogen-bond acceptors (Lipinski definition) is 8. The smallest absolute Gasteiger partial charge is 0.306 e. The second kappa shape index (κ2) is 9.58. The summed E-state index contributed by atoms with van der Waals surface area (Å²) in [4.78, 5) is 27.8. The van der Waals surface area contributed by atoms with Gasteiger partial charge in [0.25, 0.3) is 5.69 Å². The number of carboxylic acid groups (broad SMARTS) is 1. The quantitative estimate of drug-likeness (QED) is 0.347. The summed E-state index contributed by atoms with van der Waals surface area (Å²) >= 11 is 0. The van der Waals surface area contributed by atoms with Gasteiger partial charge in [-0.25, -0.2) is 0 Å². The third kappa shape index (κ3) is 4.26.